The maximum absolute atomic E-state index is 11.7. The van der Waals surface area contributed by atoms with E-state index in [0.29, 0.717) is 6.54 Å². The van der Waals surface area contributed by atoms with E-state index in [0.717, 1.165) is 10.7 Å². The third-order valence-corrected chi connectivity index (χ3v) is 2.92. The minimum absolute atomic E-state index is 0.149. The van der Waals surface area contributed by atoms with Crippen LogP contribution in [0.1, 0.15) is 17.1 Å². The Morgan fingerprint density at radius 3 is 3.00 bits per heavy atom. The molecule has 4 nitrogen and oxygen atoms in total. The fourth-order valence-corrected chi connectivity index (χ4v) is 1.90. The lowest BCUT2D eigenvalue weighted by Gasteiger charge is -2.19. The van der Waals surface area contributed by atoms with Gasteiger partial charge in [0.05, 0.1) is 23.3 Å². The van der Waals surface area contributed by atoms with Crippen molar-refractivity contribution in [2.75, 3.05) is 7.05 Å². The zero-order valence-corrected chi connectivity index (χ0v) is 10.3. The summed E-state index contributed by atoms with van der Waals surface area (Å²) in [6.45, 7) is 2.40. The van der Waals surface area contributed by atoms with Gasteiger partial charge in [0.1, 0.15) is 0 Å². The Hall–Kier alpha value is -1.38. The number of amides is 1. The predicted octanol–water partition coefficient (Wildman–Crippen LogP) is 0.761. The second-order valence-corrected chi connectivity index (χ2v) is 4.63. The minimum atomic E-state index is -0.616. The molecule has 0 aromatic carbocycles. The summed E-state index contributed by atoms with van der Waals surface area (Å²) >= 11 is 1.56. The minimum Gasteiger partial charge on any atom is -0.338 e. The molecule has 1 unspecified atom stereocenters. The monoisotopic (exact) mass is 237 g/mol. The van der Waals surface area contributed by atoms with Crippen LogP contribution in [0.4, 0.5) is 0 Å². The van der Waals surface area contributed by atoms with Crippen LogP contribution in [0.2, 0.25) is 0 Å². The lowest BCUT2D eigenvalue weighted by Crippen LogP contribution is -2.41. The maximum Gasteiger partial charge on any atom is 0.240 e. The van der Waals surface area contributed by atoms with Crippen molar-refractivity contribution in [3.63, 3.8) is 0 Å². The summed E-state index contributed by atoms with van der Waals surface area (Å²) < 4.78 is 0. The van der Waals surface area contributed by atoms with E-state index in [4.69, 9.17) is 12.2 Å². The molecule has 2 N–H and O–H groups in total. The first-order chi connectivity index (χ1) is 7.54. The van der Waals surface area contributed by atoms with E-state index >= 15 is 0 Å². The van der Waals surface area contributed by atoms with Crippen molar-refractivity contribution in [3.8, 4) is 12.3 Å². The van der Waals surface area contributed by atoms with Crippen molar-refractivity contribution >= 4 is 17.2 Å². The van der Waals surface area contributed by atoms with Crippen molar-refractivity contribution in [1.82, 2.24) is 9.88 Å². The third kappa shape index (κ3) is 3.33. The summed E-state index contributed by atoms with van der Waals surface area (Å²) in [6.07, 6.45) is 5.38. The maximum atomic E-state index is 11.7. The zero-order valence-electron chi connectivity index (χ0n) is 9.43. The summed E-state index contributed by atoms with van der Waals surface area (Å²) in [5.41, 5.74) is 6.52. The molecule has 0 aliphatic rings. The van der Waals surface area contributed by atoms with Crippen LogP contribution in [0, 0.1) is 19.3 Å². The SMILES string of the molecule is C#CCC(N)C(=O)N(C)Cc1csc(C)n1. The van der Waals surface area contributed by atoms with Gasteiger partial charge in [-0.15, -0.1) is 23.7 Å². The van der Waals surface area contributed by atoms with Crippen molar-refractivity contribution in [1.29, 1.82) is 0 Å². The van der Waals surface area contributed by atoms with Gasteiger partial charge < -0.3 is 10.6 Å². The number of terminal acetylenes is 1. The Morgan fingerprint density at radius 2 is 2.50 bits per heavy atom. The number of nitrogens with zero attached hydrogens (tertiary/aromatic N) is 2. The van der Waals surface area contributed by atoms with E-state index in [-0.39, 0.29) is 12.3 Å². The molecule has 1 atom stereocenters. The number of thiazole rings is 1. The average molecular weight is 237 g/mol. The molecule has 86 valence electrons. The normalized spacial score (nSPS) is 11.9. The van der Waals surface area contributed by atoms with Crippen molar-refractivity contribution in [3.05, 3.63) is 16.1 Å². The highest BCUT2D eigenvalue weighted by molar-refractivity contribution is 7.09. The molecule has 0 spiro atoms. The van der Waals surface area contributed by atoms with Gasteiger partial charge in [0.25, 0.3) is 0 Å². The third-order valence-electron chi connectivity index (χ3n) is 2.10. The first kappa shape index (κ1) is 12.7. The van der Waals surface area contributed by atoms with E-state index in [1.165, 1.54) is 0 Å². The molecule has 0 aliphatic carbocycles. The van der Waals surface area contributed by atoms with Crippen LogP contribution >= 0.6 is 11.3 Å². The number of hydrogen-bond acceptors (Lipinski definition) is 4. The van der Waals surface area contributed by atoms with Crippen molar-refractivity contribution in [2.24, 2.45) is 5.73 Å². The molecular weight excluding hydrogens is 222 g/mol. The summed E-state index contributed by atoms with van der Waals surface area (Å²) in [4.78, 5) is 17.6. The first-order valence-corrected chi connectivity index (χ1v) is 5.77. The summed E-state index contributed by atoms with van der Waals surface area (Å²) in [5, 5.41) is 2.93. The van der Waals surface area contributed by atoms with E-state index < -0.39 is 6.04 Å². The molecule has 0 radical (unpaired) electrons. The van der Waals surface area contributed by atoms with Gasteiger partial charge in [-0.05, 0) is 6.92 Å². The van der Waals surface area contributed by atoms with Gasteiger partial charge in [0.2, 0.25) is 5.91 Å². The molecule has 1 aromatic heterocycles. The van der Waals surface area contributed by atoms with Crippen LogP contribution in [0.15, 0.2) is 5.38 Å². The van der Waals surface area contributed by atoms with Gasteiger partial charge in [-0.3, -0.25) is 4.79 Å². The predicted molar refractivity (Wildman–Crippen MR) is 64.8 cm³/mol. The average Bonchev–Trinajstić information content (AvgIpc) is 2.63. The molecule has 5 heteroatoms. The van der Waals surface area contributed by atoms with E-state index in [2.05, 4.69) is 10.9 Å². The molecule has 1 heterocycles. The van der Waals surface area contributed by atoms with Crippen LogP contribution in [-0.2, 0) is 11.3 Å². The lowest BCUT2D eigenvalue weighted by atomic mass is 10.2. The highest BCUT2D eigenvalue weighted by atomic mass is 32.1. The second kappa shape index (κ2) is 5.64. The van der Waals surface area contributed by atoms with Crippen LogP contribution in [0.5, 0.6) is 0 Å². The Balaban J connectivity index is 2.55. The van der Waals surface area contributed by atoms with Crippen LogP contribution in [0.25, 0.3) is 0 Å². The smallest absolute Gasteiger partial charge is 0.240 e. The lowest BCUT2D eigenvalue weighted by molar-refractivity contribution is -0.131. The first-order valence-electron chi connectivity index (χ1n) is 4.89. The fraction of sp³-hybridized carbons (Fsp3) is 0.455. The Morgan fingerprint density at radius 1 is 1.81 bits per heavy atom. The molecule has 0 saturated carbocycles. The largest absolute Gasteiger partial charge is 0.338 e. The van der Waals surface area contributed by atoms with Crippen LogP contribution in [0.3, 0.4) is 0 Å². The molecular formula is C11H15N3OS. The van der Waals surface area contributed by atoms with Crippen LogP contribution in [-0.4, -0.2) is 28.9 Å². The molecule has 16 heavy (non-hydrogen) atoms. The standard InChI is InChI=1S/C11H15N3OS/c1-4-5-10(12)11(15)14(3)6-9-7-16-8(2)13-9/h1,7,10H,5-6,12H2,2-3H3. The Labute approximate surface area is 99.5 Å². The van der Waals surface area contributed by atoms with Gasteiger partial charge in [-0.25, -0.2) is 4.98 Å². The van der Waals surface area contributed by atoms with Gasteiger partial charge >= 0.3 is 0 Å². The number of aromatic nitrogens is 1. The van der Waals surface area contributed by atoms with E-state index in [9.17, 15) is 4.79 Å². The van der Waals surface area contributed by atoms with Gasteiger partial charge in [-0.1, -0.05) is 0 Å². The van der Waals surface area contributed by atoms with Gasteiger partial charge in [0, 0.05) is 18.8 Å². The number of nitrogens with two attached hydrogens (primary N) is 1. The highest BCUT2D eigenvalue weighted by Crippen LogP contribution is 2.10. The number of carbonyl (C=O) groups is 1. The summed E-state index contributed by atoms with van der Waals surface area (Å²) in [5.74, 6) is 2.24. The number of aryl methyl sites for hydroxylation is 1. The Kier molecular flexibility index (Phi) is 4.47. The zero-order chi connectivity index (χ0) is 12.1. The summed E-state index contributed by atoms with van der Waals surface area (Å²) in [6, 6.07) is -0.616. The number of carbonyl (C=O) groups excluding carboxylic acids is 1. The fourth-order valence-electron chi connectivity index (χ4n) is 1.30. The van der Waals surface area contributed by atoms with Crippen molar-refractivity contribution in [2.45, 2.75) is 25.9 Å². The Bertz CT molecular complexity index is 408. The quantitative estimate of drug-likeness (QED) is 0.787. The van der Waals surface area contributed by atoms with E-state index in [1.807, 2.05) is 12.3 Å². The molecule has 0 aliphatic heterocycles. The number of likely N-dealkylation sites (N-methyl/N-ethyl adjacent to an activating group) is 1. The number of rotatable bonds is 4. The van der Waals surface area contributed by atoms with Crippen LogP contribution < -0.4 is 5.73 Å². The molecule has 0 fully saturated rings. The van der Waals surface area contributed by atoms with E-state index in [1.54, 1.807) is 23.3 Å². The molecule has 0 bridgehead atoms. The van der Waals surface area contributed by atoms with Gasteiger partial charge in [0.15, 0.2) is 0 Å². The summed E-state index contributed by atoms with van der Waals surface area (Å²) in [7, 11) is 1.70. The van der Waals surface area contributed by atoms with Crippen molar-refractivity contribution < 1.29 is 4.79 Å². The molecule has 1 amide bonds. The number of hydrogen-bond donors (Lipinski definition) is 1. The van der Waals surface area contributed by atoms with Gasteiger partial charge in [-0.2, -0.15) is 0 Å². The second-order valence-electron chi connectivity index (χ2n) is 3.57. The molecule has 0 saturated heterocycles. The molecule has 1 aromatic rings. The highest BCUT2D eigenvalue weighted by Gasteiger charge is 2.17. The topological polar surface area (TPSA) is 59.2 Å². The molecule has 1 rings (SSSR count).